The van der Waals surface area contributed by atoms with Gasteiger partial charge in [0.15, 0.2) is 0 Å². The average Bonchev–Trinajstić information content (AvgIpc) is 2.82. The molecule has 0 saturated carbocycles. The lowest BCUT2D eigenvalue weighted by molar-refractivity contribution is -0.123. The number of hydrogen-bond acceptors (Lipinski definition) is 2. The zero-order chi connectivity index (χ0) is 16.6. The fraction of sp³-hybridized carbons (Fsp3) is 0.333. The number of aryl methyl sites for hydroxylation is 2. The molecule has 1 fully saturated rings. The summed E-state index contributed by atoms with van der Waals surface area (Å²) in [6.45, 7) is 7.22. The van der Waals surface area contributed by atoms with Crippen molar-refractivity contribution in [1.82, 2.24) is 14.8 Å². The van der Waals surface area contributed by atoms with Crippen LogP contribution in [0.3, 0.4) is 0 Å². The first kappa shape index (κ1) is 15.3. The fourth-order valence-electron chi connectivity index (χ4n) is 3.15. The number of aromatic nitrogens is 1. The summed E-state index contributed by atoms with van der Waals surface area (Å²) < 4.78 is 2.10. The van der Waals surface area contributed by atoms with Crippen LogP contribution in [-0.4, -0.2) is 40.9 Å². The Hall–Kier alpha value is -2.56. The number of carbonyl (C=O) groups is 2. The molecule has 1 aliphatic heterocycles. The van der Waals surface area contributed by atoms with Gasteiger partial charge in [0.25, 0.3) is 5.91 Å². The second-order valence-corrected chi connectivity index (χ2v) is 5.98. The quantitative estimate of drug-likeness (QED) is 0.922. The number of amides is 2. The monoisotopic (exact) mass is 311 g/mol. The zero-order valence-corrected chi connectivity index (χ0v) is 13.7. The van der Waals surface area contributed by atoms with E-state index in [9.17, 15) is 9.59 Å². The standard InChI is InChI=1S/C18H21N3O2/c1-12-6-4-5-7-16(12)21-13(2)10-15(14(21)3)18(23)20-9-8-19-17(22)11-20/h4-7,10H,8-9,11H2,1-3H3,(H,19,22). The maximum atomic E-state index is 12.8. The largest absolute Gasteiger partial charge is 0.353 e. The van der Waals surface area contributed by atoms with E-state index in [1.54, 1.807) is 4.90 Å². The van der Waals surface area contributed by atoms with Gasteiger partial charge in [0.05, 0.1) is 12.1 Å². The van der Waals surface area contributed by atoms with Gasteiger partial charge in [-0.3, -0.25) is 9.59 Å². The highest BCUT2D eigenvalue weighted by Gasteiger charge is 2.25. The van der Waals surface area contributed by atoms with Crippen molar-refractivity contribution in [3.63, 3.8) is 0 Å². The first-order valence-corrected chi connectivity index (χ1v) is 7.80. The van der Waals surface area contributed by atoms with Crippen LogP contribution < -0.4 is 5.32 Å². The van der Waals surface area contributed by atoms with Crippen molar-refractivity contribution in [2.45, 2.75) is 20.8 Å². The van der Waals surface area contributed by atoms with Gasteiger partial charge in [-0.25, -0.2) is 0 Å². The third-order valence-corrected chi connectivity index (χ3v) is 4.34. The van der Waals surface area contributed by atoms with Crippen LogP contribution in [0.5, 0.6) is 0 Å². The molecule has 2 heterocycles. The number of hydrogen-bond donors (Lipinski definition) is 1. The molecule has 1 N–H and O–H groups in total. The summed E-state index contributed by atoms with van der Waals surface area (Å²) >= 11 is 0. The van der Waals surface area contributed by atoms with Crippen LogP contribution >= 0.6 is 0 Å². The van der Waals surface area contributed by atoms with Crippen molar-refractivity contribution in [3.8, 4) is 5.69 Å². The maximum absolute atomic E-state index is 12.8. The summed E-state index contributed by atoms with van der Waals surface area (Å²) in [6.07, 6.45) is 0. The molecule has 0 aliphatic carbocycles. The van der Waals surface area contributed by atoms with Crippen molar-refractivity contribution < 1.29 is 9.59 Å². The summed E-state index contributed by atoms with van der Waals surface area (Å²) in [6, 6.07) is 10.0. The van der Waals surface area contributed by atoms with E-state index in [0.717, 1.165) is 22.6 Å². The molecule has 5 heteroatoms. The third-order valence-electron chi connectivity index (χ3n) is 4.34. The van der Waals surface area contributed by atoms with E-state index >= 15 is 0 Å². The molecule has 0 spiro atoms. The predicted molar refractivity (Wildman–Crippen MR) is 88.9 cm³/mol. The number of para-hydroxylation sites is 1. The van der Waals surface area contributed by atoms with Gasteiger partial charge in [0.1, 0.15) is 0 Å². The molecule has 5 nitrogen and oxygen atoms in total. The molecule has 1 aromatic heterocycles. The summed E-state index contributed by atoms with van der Waals surface area (Å²) in [7, 11) is 0. The molecule has 0 bridgehead atoms. The van der Waals surface area contributed by atoms with Crippen molar-refractivity contribution >= 4 is 11.8 Å². The van der Waals surface area contributed by atoms with Gasteiger partial charge in [-0.2, -0.15) is 0 Å². The molecule has 1 aliphatic rings. The first-order chi connectivity index (χ1) is 11.0. The molecule has 3 rings (SSSR count). The highest BCUT2D eigenvalue weighted by molar-refractivity contribution is 5.98. The van der Waals surface area contributed by atoms with E-state index in [0.29, 0.717) is 18.7 Å². The molecular formula is C18H21N3O2. The Morgan fingerprint density at radius 3 is 2.61 bits per heavy atom. The summed E-state index contributed by atoms with van der Waals surface area (Å²) in [5.74, 6) is -0.176. The maximum Gasteiger partial charge on any atom is 0.256 e. The molecule has 0 unspecified atom stereocenters. The summed E-state index contributed by atoms with van der Waals surface area (Å²) in [5, 5.41) is 2.74. The average molecular weight is 311 g/mol. The molecule has 2 aromatic rings. The molecule has 23 heavy (non-hydrogen) atoms. The number of nitrogens with one attached hydrogen (secondary N) is 1. The van der Waals surface area contributed by atoms with Gasteiger partial charge < -0.3 is 14.8 Å². The van der Waals surface area contributed by atoms with E-state index in [-0.39, 0.29) is 18.4 Å². The van der Waals surface area contributed by atoms with Crippen LogP contribution in [-0.2, 0) is 4.79 Å². The van der Waals surface area contributed by atoms with Crippen molar-refractivity contribution in [2.24, 2.45) is 0 Å². The Bertz CT molecular complexity index is 777. The van der Waals surface area contributed by atoms with Crippen LogP contribution in [0.15, 0.2) is 30.3 Å². The number of rotatable bonds is 2. The minimum absolute atomic E-state index is 0.0761. The van der Waals surface area contributed by atoms with Gasteiger partial charge >= 0.3 is 0 Å². The Morgan fingerprint density at radius 2 is 1.91 bits per heavy atom. The minimum Gasteiger partial charge on any atom is -0.353 e. The highest BCUT2D eigenvalue weighted by Crippen LogP contribution is 2.24. The van der Waals surface area contributed by atoms with Crippen molar-refractivity contribution in [2.75, 3.05) is 19.6 Å². The molecular weight excluding hydrogens is 290 g/mol. The second kappa shape index (κ2) is 5.91. The Balaban J connectivity index is 1.99. The highest BCUT2D eigenvalue weighted by atomic mass is 16.2. The molecule has 1 aromatic carbocycles. The zero-order valence-electron chi connectivity index (χ0n) is 13.7. The molecule has 120 valence electrons. The molecule has 0 atom stereocenters. The minimum atomic E-state index is -0.0997. The van der Waals surface area contributed by atoms with Gasteiger partial charge in [0, 0.05) is 30.2 Å². The van der Waals surface area contributed by atoms with E-state index in [2.05, 4.69) is 28.9 Å². The third kappa shape index (κ3) is 2.74. The van der Waals surface area contributed by atoms with E-state index in [1.165, 1.54) is 0 Å². The van der Waals surface area contributed by atoms with E-state index in [1.807, 2.05) is 32.0 Å². The van der Waals surface area contributed by atoms with Crippen molar-refractivity contribution in [3.05, 3.63) is 52.8 Å². The van der Waals surface area contributed by atoms with Gasteiger partial charge in [-0.05, 0) is 38.5 Å². The number of piperazine rings is 1. The molecule has 0 radical (unpaired) electrons. The fourth-order valence-corrected chi connectivity index (χ4v) is 3.15. The number of carbonyl (C=O) groups excluding carboxylic acids is 2. The smallest absolute Gasteiger partial charge is 0.256 e. The van der Waals surface area contributed by atoms with Crippen LogP contribution in [0, 0.1) is 20.8 Å². The van der Waals surface area contributed by atoms with Crippen LogP contribution in [0.25, 0.3) is 5.69 Å². The lowest BCUT2D eigenvalue weighted by Crippen LogP contribution is -2.50. The van der Waals surface area contributed by atoms with Crippen molar-refractivity contribution in [1.29, 1.82) is 0 Å². The SMILES string of the molecule is Cc1ccccc1-n1c(C)cc(C(=O)N2CCNC(=O)C2)c1C. The summed E-state index contributed by atoms with van der Waals surface area (Å²) in [4.78, 5) is 25.9. The van der Waals surface area contributed by atoms with Gasteiger partial charge in [-0.15, -0.1) is 0 Å². The van der Waals surface area contributed by atoms with Gasteiger partial charge in [0.2, 0.25) is 5.91 Å². The second-order valence-electron chi connectivity index (χ2n) is 5.98. The van der Waals surface area contributed by atoms with Crippen LogP contribution in [0.2, 0.25) is 0 Å². The lowest BCUT2D eigenvalue weighted by atomic mass is 10.2. The number of nitrogens with zero attached hydrogens (tertiary/aromatic N) is 2. The first-order valence-electron chi connectivity index (χ1n) is 7.80. The van der Waals surface area contributed by atoms with Gasteiger partial charge in [-0.1, -0.05) is 18.2 Å². The summed E-state index contributed by atoms with van der Waals surface area (Å²) in [5.41, 5.74) is 4.83. The Labute approximate surface area is 135 Å². The number of benzene rings is 1. The van der Waals surface area contributed by atoms with Crippen LogP contribution in [0.4, 0.5) is 0 Å². The van der Waals surface area contributed by atoms with Crippen LogP contribution in [0.1, 0.15) is 27.3 Å². The topological polar surface area (TPSA) is 54.3 Å². The Morgan fingerprint density at radius 1 is 1.17 bits per heavy atom. The predicted octanol–water partition coefficient (Wildman–Crippen LogP) is 1.97. The molecule has 2 amide bonds. The normalized spacial score (nSPS) is 14.7. The van der Waals surface area contributed by atoms with E-state index < -0.39 is 0 Å². The van der Waals surface area contributed by atoms with E-state index in [4.69, 9.17) is 0 Å². The lowest BCUT2D eigenvalue weighted by Gasteiger charge is -2.26. The molecule has 1 saturated heterocycles. The Kier molecular flexibility index (Phi) is 3.94.